The molecule has 2 heterocycles. The Labute approximate surface area is 350 Å². The van der Waals surface area contributed by atoms with Crippen molar-refractivity contribution in [3.05, 3.63) is 229 Å². The highest BCUT2D eigenvalue weighted by molar-refractivity contribution is 6.19. The van der Waals surface area contributed by atoms with Crippen LogP contribution >= 0.6 is 0 Å². The third-order valence-electron chi connectivity index (χ3n) is 11.3. The Kier molecular flexibility index (Phi) is 9.95. The fraction of sp³-hybridized carbons (Fsp3) is 0.0556. The molecule has 2 unspecified atom stereocenters. The Morgan fingerprint density at radius 1 is 0.533 bits per heavy atom. The number of pyridine rings is 1. The number of aliphatic imine (C=N–C) groups is 2. The maximum Gasteiger partial charge on any atom is 0.134 e. The van der Waals surface area contributed by atoms with Gasteiger partial charge in [-0.05, 0) is 63.2 Å². The molecule has 0 fully saturated rings. The summed E-state index contributed by atoms with van der Waals surface area (Å²) in [5.74, 6) is 0.952. The van der Waals surface area contributed by atoms with Gasteiger partial charge in [0.1, 0.15) is 18.2 Å². The lowest BCUT2D eigenvalue weighted by molar-refractivity contribution is 0.257. The van der Waals surface area contributed by atoms with Gasteiger partial charge in [-0.2, -0.15) is 0 Å². The lowest BCUT2D eigenvalue weighted by atomic mass is 10.00. The molecule has 0 bridgehead atoms. The normalized spacial score (nSPS) is 15.3. The van der Waals surface area contributed by atoms with Gasteiger partial charge in [-0.25, -0.2) is 4.99 Å². The van der Waals surface area contributed by atoms with Gasteiger partial charge in [0, 0.05) is 46.9 Å². The van der Waals surface area contributed by atoms with Crippen LogP contribution in [0.15, 0.2) is 216 Å². The zero-order chi connectivity index (χ0) is 40.3. The van der Waals surface area contributed by atoms with Crippen LogP contribution in [-0.2, 0) is 0 Å². The quantitative estimate of drug-likeness (QED) is 0.113. The highest BCUT2D eigenvalue weighted by Gasteiger charge is 2.30. The summed E-state index contributed by atoms with van der Waals surface area (Å²) in [7, 11) is 2.12. The Morgan fingerprint density at radius 3 is 1.73 bits per heavy atom. The Morgan fingerprint density at radius 2 is 1.07 bits per heavy atom. The summed E-state index contributed by atoms with van der Waals surface area (Å²) in [6.07, 6.45) is 3.46. The molecule has 6 heteroatoms. The van der Waals surface area contributed by atoms with Crippen LogP contribution in [0.4, 0.5) is 17.1 Å². The standard InChI is InChI=1S/C54H42N6/c1-60-53(43-18-9-4-10-19-43)58-52(59-54(60)44-29-25-39(26-30-44)38-16-7-3-8-17-38)42-27-23-40(24-28-42)41-31-33-45(34-32-41)57-51-47-21-12-11-20-46(47)49-48(22-13-35-55-49)50(51)56-36-37-14-5-2-6-15-37/h2-36,52,54,57,59H,1H3. The molecular weight excluding hydrogens is 733 g/mol. The van der Waals surface area contributed by atoms with Crippen molar-refractivity contribution in [1.29, 1.82) is 0 Å². The predicted octanol–water partition coefficient (Wildman–Crippen LogP) is 12.9. The van der Waals surface area contributed by atoms with E-state index in [0.29, 0.717) is 0 Å². The second-order valence-electron chi connectivity index (χ2n) is 15.1. The highest BCUT2D eigenvalue weighted by atomic mass is 15.4. The molecule has 2 N–H and O–H groups in total. The van der Waals surface area contributed by atoms with Crippen LogP contribution in [0.2, 0.25) is 0 Å². The summed E-state index contributed by atoms with van der Waals surface area (Å²) in [5, 5.41) is 10.7. The molecule has 1 aromatic heterocycles. The molecule has 9 aromatic rings. The minimum Gasteiger partial charge on any atom is -0.353 e. The van der Waals surface area contributed by atoms with Gasteiger partial charge < -0.3 is 10.2 Å². The second kappa shape index (κ2) is 16.3. The van der Waals surface area contributed by atoms with E-state index < -0.39 is 0 Å². The highest BCUT2D eigenvalue weighted by Crippen LogP contribution is 2.43. The van der Waals surface area contributed by atoms with Gasteiger partial charge in [0.2, 0.25) is 0 Å². The molecule has 0 saturated heterocycles. The summed E-state index contributed by atoms with van der Waals surface area (Å²) in [5.41, 5.74) is 12.8. The minimum atomic E-state index is -0.235. The third-order valence-corrected chi connectivity index (χ3v) is 11.3. The van der Waals surface area contributed by atoms with Gasteiger partial charge in [0.15, 0.2) is 0 Å². The number of hydrogen-bond donors (Lipinski definition) is 2. The molecule has 8 aromatic carbocycles. The molecule has 0 amide bonds. The maximum atomic E-state index is 5.29. The van der Waals surface area contributed by atoms with Crippen LogP contribution in [0.25, 0.3) is 43.9 Å². The Bertz CT molecular complexity index is 2960. The number of fused-ring (bicyclic) bond motifs is 3. The van der Waals surface area contributed by atoms with E-state index in [4.69, 9.17) is 15.0 Å². The first-order chi connectivity index (χ1) is 29.7. The van der Waals surface area contributed by atoms with Gasteiger partial charge in [0.05, 0.1) is 16.9 Å². The Balaban J connectivity index is 0.934. The number of benzene rings is 8. The molecule has 288 valence electrons. The molecule has 2 atom stereocenters. The largest absolute Gasteiger partial charge is 0.353 e. The van der Waals surface area contributed by atoms with E-state index >= 15 is 0 Å². The van der Waals surface area contributed by atoms with Crippen molar-refractivity contribution >= 4 is 50.8 Å². The molecule has 0 spiro atoms. The first-order valence-corrected chi connectivity index (χ1v) is 20.3. The third kappa shape index (κ3) is 7.32. The Hall–Kier alpha value is -7.67. The molecule has 60 heavy (non-hydrogen) atoms. The van der Waals surface area contributed by atoms with E-state index in [1.807, 2.05) is 42.7 Å². The number of hydrogen-bond acceptors (Lipinski definition) is 6. The average molecular weight is 775 g/mol. The monoisotopic (exact) mass is 774 g/mol. The fourth-order valence-electron chi connectivity index (χ4n) is 8.15. The van der Waals surface area contributed by atoms with E-state index in [1.165, 1.54) is 16.7 Å². The first kappa shape index (κ1) is 36.7. The second-order valence-corrected chi connectivity index (χ2v) is 15.1. The van der Waals surface area contributed by atoms with Crippen molar-refractivity contribution in [2.45, 2.75) is 12.3 Å². The summed E-state index contributed by atoms with van der Waals surface area (Å²) in [4.78, 5) is 17.4. The number of nitrogens with zero attached hydrogens (tertiary/aromatic N) is 4. The SMILES string of the molecule is CN1C(c2ccccc2)=NC(c2ccc(-c3ccc(Nc4c(N=Cc5ccccc5)c5cccnc5c5ccccc45)cc3)cc2)NC1c1ccc(-c2ccccc2)cc1. The first-order valence-electron chi connectivity index (χ1n) is 20.3. The average Bonchev–Trinajstić information content (AvgIpc) is 3.33. The van der Waals surface area contributed by atoms with Crippen LogP contribution in [0.5, 0.6) is 0 Å². The van der Waals surface area contributed by atoms with Crippen molar-refractivity contribution in [3.63, 3.8) is 0 Å². The van der Waals surface area contributed by atoms with E-state index in [2.05, 4.69) is 192 Å². The lowest BCUT2D eigenvalue weighted by Gasteiger charge is -2.39. The molecule has 0 saturated carbocycles. The smallest absolute Gasteiger partial charge is 0.134 e. The minimum absolute atomic E-state index is 0.0761. The maximum absolute atomic E-state index is 5.29. The van der Waals surface area contributed by atoms with Crippen molar-refractivity contribution in [2.24, 2.45) is 9.98 Å². The summed E-state index contributed by atoms with van der Waals surface area (Å²) in [6.45, 7) is 0. The summed E-state index contributed by atoms with van der Waals surface area (Å²) >= 11 is 0. The zero-order valence-electron chi connectivity index (χ0n) is 33.2. The molecule has 0 radical (unpaired) electrons. The van der Waals surface area contributed by atoms with Gasteiger partial charge >= 0.3 is 0 Å². The summed E-state index contributed by atoms with van der Waals surface area (Å²) < 4.78 is 0. The van der Waals surface area contributed by atoms with Crippen molar-refractivity contribution in [1.82, 2.24) is 15.2 Å². The molecule has 6 nitrogen and oxygen atoms in total. The van der Waals surface area contributed by atoms with E-state index in [0.717, 1.165) is 72.4 Å². The van der Waals surface area contributed by atoms with Crippen LogP contribution < -0.4 is 10.6 Å². The lowest BCUT2D eigenvalue weighted by Crippen LogP contribution is -2.46. The van der Waals surface area contributed by atoms with E-state index in [9.17, 15) is 0 Å². The van der Waals surface area contributed by atoms with Crippen molar-refractivity contribution in [2.75, 3.05) is 12.4 Å². The molecule has 1 aliphatic rings. The zero-order valence-corrected chi connectivity index (χ0v) is 33.2. The molecule has 0 aliphatic carbocycles. The molecular formula is C54H42N6. The van der Waals surface area contributed by atoms with Crippen LogP contribution in [0.1, 0.15) is 34.6 Å². The number of rotatable bonds is 9. The van der Waals surface area contributed by atoms with Crippen molar-refractivity contribution in [3.8, 4) is 22.3 Å². The van der Waals surface area contributed by atoms with Crippen LogP contribution in [0, 0.1) is 0 Å². The van der Waals surface area contributed by atoms with E-state index in [1.54, 1.807) is 0 Å². The summed E-state index contributed by atoms with van der Waals surface area (Å²) in [6, 6.07) is 69.9. The number of amidine groups is 1. The van der Waals surface area contributed by atoms with Gasteiger partial charge in [-0.1, -0.05) is 176 Å². The van der Waals surface area contributed by atoms with E-state index in [-0.39, 0.29) is 12.3 Å². The van der Waals surface area contributed by atoms with Crippen LogP contribution in [0.3, 0.4) is 0 Å². The van der Waals surface area contributed by atoms with Gasteiger partial charge in [0.25, 0.3) is 0 Å². The molecule has 1 aliphatic heterocycles. The molecule has 10 rings (SSSR count). The number of nitrogens with one attached hydrogen (secondary N) is 2. The number of anilines is 2. The fourth-order valence-corrected chi connectivity index (χ4v) is 8.15. The van der Waals surface area contributed by atoms with Gasteiger partial charge in [-0.15, -0.1) is 0 Å². The van der Waals surface area contributed by atoms with Gasteiger partial charge in [-0.3, -0.25) is 15.3 Å². The number of aromatic nitrogens is 1. The van der Waals surface area contributed by atoms with Crippen molar-refractivity contribution < 1.29 is 0 Å². The predicted molar refractivity (Wildman–Crippen MR) is 249 cm³/mol. The topological polar surface area (TPSA) is 64.9 Å². The van der Waals surface area contributed by atoms with Crippen LogP contribution in [-0.4, -0.2) is 29.0 Å².